The topological polar surface area (TPSA) is 52.6 Å². The van der Waals surface area contributed by atoms with Gasteiger partial charge in [0, 0.05) is 12.7 Å². The fourth-order valence-electron chi connectivity index (χ4n) is 1.57. The molecule has 0 spiro atoms. The highest BCUT2D eigenvalue weighted by Crippen LogP contribution is 2.38. The number of thioether (sulfide) groups is 2. The summed E-state index contributed by atoms with van der Waals surface area (Å²) in [6.45, 7) is 1.72. The summed E-state index contributed by atoms with van der Waals surface area (Å²) in [6, 6.07) is 8.89. The first-order valence-electron chi connectivity index (χ1n) is 5.81. The second-order valence-corrected chi connectivity index (χ2v) is 6.80. The molecule has 0 aliphatic carbocycles. The van der Waals surface area contributed by atoms with Gasteiger partial charge in [-0.25, -0.2) is 4.79 Å². The molecule has 1 aromatic carbocycles. The lowest BCUT2D eigenvalue weighted by molar-refractivity contribution is -0.141. The summed E-state index contributed by atoms with van der Waals surface area (Å²) in [5, 5.41) is 0. The Morgan fingerprint density at radius 1 is 1.32 bits per heavy atom. The Morgan fingerprint density at radius 2 is 2.05 bits per heavy atom. The van der Waals surface area contributed by atoms with Crippen LogP contribution < -0.4 is 0 Å². The van der Waals surface area contributed by atoms with Crippen molar-refractivity contribution in [2.45, 2.75) is 16.9 Å². The quantitative estimate of drug-likeness (QED) is 0.796. The molecule has 19 heavy (non-hydrogen) atoms. The number of carbonyl (C=O) groups excluding carboxylic acids is 2. The van der Waals surface area contributed by atoms with Crippen LogP contribution in [0.2, 0.25) is 0 Å². The number of hydrogen-bond donors (Lipinski definition) is 0. The monoisotopic (exact) mass is 298 g/mol. The number of benzene rings is 1. The van der Waals surface area contributed by atoms with Crippen LogP contribution in [0.3, 0.4) is 0 Å². The van der Waals surface area contributed by atoms with E-state index in [9.17, 15) is 9.59 Å². The summed E-state index contributed by atoms with van der Waals surface area (Å²) in [4.78, 5) is 22.6. The van der Waals surface area contributed by atoms with Gasteiger partial charge in [-0.3, -0.25) is 4.79 Å². The fourth-order valence-corrected chi connectivity index (χ4v) is 4.32. The Morgan fingerprint density at radius 3 is 2.74 bits per heavy atom. The lowest BCUT2D eigenvalue weighted by Crippen LogP contribution is -2.14. The highest BCUT2D eigenvalue weighted by Gasteiger charge is 2.29. The van der Waals surface area contributed by atoms with Gasteiger partial charge in [0.05, 0.1) is 10.1 Å². The minimum absolute atomic E-state index is 0.122. The maximum absolute atomic E-state index is 11.7. The van der Waals surface area contributed by atoms with E-state index < -0.39 is 0 Å². The zero-order valence-electron chi connectivity index (χ0n) is 10.4. The van der Waals surface area contributed by atoms with E-state index in [4.69, 9.17) is 9.47 Å². The Kier molecular flexibility index (Phi) is 5.15. The van der Waals surface area contributed by atoms with Crippen molar-refractivity contribution >= 4 is 35.5 Å². The van der Waals surface area contributed by atoms with Gasteiger partial charge in [-0.15, -0.1) is 11.8 Å². The van der Waals surface area contributed by atoms with E-state index in [1.165, 1.54) is 18.7 Å². The van der Waals surface area contributed by atoms with Crippen LogP contribution in [0.1, 0.15) is 17.3 Å². The van der Waals surface area contributed by atoms with Crippen LogP contribution in [0.4, 0.5) is 0 Å². The summed E-state index contributed by atoms with van der Waals surface area (Å²) in [6.07, 6.45) is 0. The zero-order valence-corrected chi connectivity index (χ0v) is 12.0. The van der Waals surface area contributed by atoms with Crippen LogP contribution in [-0.2, 0) is 14.3 Å². The van der Waals surface area contributed by atoms with E-state index in [0.29, 0.717) is 12.2 Å². The molecule has 1 fully saturated rings. The highest BCUT2D eigenvalue weighted by molar-refractivity contribution is 8.20. The van der Waals surface area contributed by atoms with Gasteiger partial charge in [0.15, 0.2) is 5.44 Å². The van der Waals surface area contributed by atoms with Crippen LogP contribution in [0.25, 0.3) is 0 Å². The molecule has 0 bridgehead atoms. The average molecular weight is 298 g/mol. The van der Waals surface area contributed by atoms with E-state index >= 15 is 0 Å². The molecule has 1 heterocycles. The molecule has 1 aliphatic rings. The number of esters is 2. The molecule has 0 radical (unpaired) electrons. The molecule has 4 nitrogen and oxygen atoms in total. The molecular weight excluding hydrogens is 284 g/mol. The van der Waals surface area contributed by atoms with Gasteiger partial charge in [0.25, 0.3) is 0 Å². The lowest BCUT2D eigenvalue weighted by Gasteiger charge is -2.11. The maximum atomic E-state index is 11.7. The highest BCUT2D eigenvalue weighted by atomic mass is 32.2. The molecule has 0 aromatic heterocycles. The van der Waals surface area contributed by atoms with Crippen molar-refractivity contribution in [1.29, 1.82) is 0 Å². The second kappa shape index (κ2) is 6.86. The molecule has 1 saturated heterocycles. The Labute approximate surface area is 120 Å². The number of rotatable bonds is 4. The molecule has 0 amide bonds. The molecule has 1 aliphatic heterocycles. The number of hydrogen-bond acceptors (Lipinski definition) is 6. The van der Waals surface area contributed by atoms with Crippen LogP contribution in [0.15, 0.2) is 30.3 Å². The Balaban J connectivity index is 1.75. The van der Waals surface area contributed by atoms with Gasteiger partial charge < -0.3 is 9.47 Å². The van der Waals surface area contributed by atoms with Crippen LogP contribution in [0.5, 0.6) is 0 Å². The maximum Gasteiger partial charge on any atom is 0.338 e. The standard InChI is InChI=1S/C13H14O4S2/c1-9(14)17-11-8-18-12(19-11)7-16-13(15)10-5-3-2-4-6-10/h2-6,11-12H,7-8H2,1H3. The molecule has 2 unspecified atom stereocenters. The Hall–Kier alpha value is -1.14. The molecule has 0 N–H and O–H groups in total. The van der Waals surface area contributed by atoms with Crippen molar-refractivity contribution in [2.75, 3.05) is 12.4 Å². The average Bonchev–Trinajstić information content (AvgIpc) is 2.84. The summed E-state index contributed by atoms with van der Waals surface area (Å²) in [5.74, 6) is 0.135. The first-order chi connectivity index (χ1) is 9.15. The smallest absolute Gasteiger partial charge is 0.338 e. The Bertz CT molecular complexity index is 449. The van der Waals surface area contributed by atoms with Gasteiger partial charge >= 0.3 is 11.9 Å². The minimum Gasteiger partial charge on any atom is -0.460 e. The van der Waals surface area contributed by atoms with Crippen molar-refractivity contribution in [2.24, 2.45) is 0 Å². The number of carbonyl (C=O) groups is 2. The first-order valence-corrected chi connectivity index (χ1v) is 7.81. The van der Waals surface area contributed by atoms with Crippen molar-refractivity contribution in [3.63, 3.8) is 0 Å². The van der Waals surface area contributed by atoms with E-state index in [1.54, 1.807) is 36.0 Å². The van der Waals surface area contributed by atoms with Gasteiger partial charge in [-0.05, 0) is 12.1 Å². The van der Waals surface area contributed by atoms with E-state index in [1.807, 2.05) is 6.07 Å². The zero-order chi connectivity index (χ0) is 13.7. The van der Waals surface area contributed by atoms with E-state index in [0.717, 1.165) is 5.75 Å². The second-order valence-electron chi connectivity index (χ2n) is 3.90. The van der Waals surface area contributed by atoms with E-state index in [2.05, 4.69) is 0 Å². The molecule has 102 valence electrons. The summed E-state index contributed by atoms with van der Waals surface area (Å²) < 4.78 is 10.5. The van der Waals surface area contributed by atoms with Crippen molar-refractivity contribution in [3.05, 3.63) is 35.9 Å². The first kappa shape index (κ1) is 14.3. The SMILES string of the molecule is CC(=O)OC1CSC(COC(=O)c2ccccc2)S1. The summed E-state index contributed by atoms with van der Waals surface area (Å²) in [7, 11) is 0. The molecule has 2 atom stereocenters. The van der Waals surface area contributed by atoms with Gasteiger partial charge in [-0.2, -0.15) is 0 Å². The molecule has 2 rings (SSSR count). The predicted octanol–water partition coefficient (Wildman–Crippen LogP) is 2.54. The third-order valence-electron chi connectivity index (χ3n) is 2.38. The largest absolute Gasteiger partial charge is 0.460 e. The molecule has 0 saturated carbocycles. The molecular formula is C13H14O4S2. The van der Waals surface area contributed by atoms with Gasteiger partial charge in [0.1, 0.15) is 6.61 Å². The minimum atomic E-state index is -0.322. The van der Waals surface area contributed by atoms with Crippen LogP contribution >= 0.6 is 23.5 Å². The van der Waals surface area contributed by atoms with Crippen molar-refractivity contribution in [3.8, 4) is 0 Å². The van der Waals surface area contributed by atoms with Gasteiger partial charge in [-0.1, -0.05) is 30.0 Å². The lowest BCUT2D eigenvalue weighted by atomic mass is 10.2. The molecule has 6 heteroatoms. The van der Waals surface area contributed by atoms with Crippen LogP contribution in [-0.4, -0.2) is 34.3 Å². The summed E-state index contributed by atoms with van der Waals surface area (Å²) in [5.41, 5.74) is 0.412. The normalized spacial score (nSPS) is 21.9. The van der Waals surface area contributed by atoms with Gasteiger partial charge in [0.2, 0.25) is 0 Å². The molecule has 1 aromatic rings. The van der Waals surface area contributed by atoms with Crippen LogP contribution in [0, 0.1) is 0 Å². The predicted molar refractivity (Wildman–Crippen MR) is 76.1 cm³/mol. The van der Waals surface area contributed by atoms with Crippen molar-refractivity contribution in [1.82, 2.24) is 0 Å². The third kappa shape index (κ3) is 4.47. The summed E-state index contributed by atoms with van der Waals surface area (Å²) >= 11 is 3.16. The van der Waals surface area contributed by atoms with Crippen molar-refractivity contribution < 1.29 is 19.1 Å². The van der Waals surface area contributed by atoms with E-state index in [-0.39, 0.29) is 22.0 Å². The number of ether oxygens (including phenoxy) is 2. The third-order valence-corrected chi connectivity index (χ3v) is 5.34. The fraction of sp³-hybridized carbons (Fsp3) is 0.385.